The molecule has 1 amide bonds. The summed E-state index contributed by atoms with van der Waals surface area (Å²) in [6.45, 7) is 1.92. The number of hydrogen-bond acceptors (Lipinski definition) is 2. The summed E-state index contributed by atoms with van der Waals surface area (Å²) in [6.07, 6.45) is 0. The second-order valence-corrected chi connectivity index (χ2v) is 5.79. The first-order chi connectivity index (χ1) is 11.6. The van der Waals surface area contributed by atoms with E-state index in [1.165, 1.54) is 0 Å². The van der Waals surface area contributed by atoms with Crippen molar-refractivity contribution in [3.8, 4) is 11.5 Å². The van der Waals surface area contributed by atoms with Crippen molar-refractivity contribution < 1.29 is 9.53 Å². The van der Waals surface area contributed by atoms with E-state index in [-0.39, 0.29) is 5.91 Å². The summed E-state index contributed by atoms with van der Waals surface area (Å²) in [5.74, 6) is 1.12. The van der Waals surface area contributed by atoms with Crippen LogP contribution >= 0.6 is 11.6 Å². The quantitative estimate of drug-likeness (QED) is 0.663. The zero-order valence-corrected chi connectivity index (χ0v) is 13.9. The van der Waals surface area contributed by atoms with E-state index in [0.717, 1.165) is 11.3 Å². The van der Waals surface area contributed by atoms with Gasteiger partial charge in [-0.3, -0.25) is 4.79 Å². The Kier molecular flexibility index (Phi) is 4.82. The normalized spacial score (nSPS) is 10.2. The molecule has 1 N–H and O–H groups in total. The number of carbonyl (C=O) groups is 1. The zero-order valence-electron chi connectivity index (χ0n) is 13.1. The maximum atomic E-state index is 12.5. The van der Waals surface area contributed by atoms with Crippen LogP contribution in [-0.4, -0.2) is 5.91 Å². The molecule has 0 aromatic heterocycles. The van der Waals surface area contributed by atoms with E-state index in [4.69, 9.17) is 16.3 Å². The van der Waals surface area contributed by atoms with Crippen molar-refractivity contribution in [1.29, 1.82) is 0 Å². The predicted octanol–water partition coefficient (Wildman–Crippen LogP) is 5.69. The first-order valence-electron chi connectivity index (χ1n) is 7.52. The van der Waals surface area contributed by atoms with Crippen molar-refractivity contribution in [1.82, 2.24) is 0 Å². The van der Waals surface area contributed by atoms with Gasteiger partial charge in [-0.25, -0.2) is 0 Å². The first kappa shape index (κ1) is 16.1. The molecule has 0 aliphatic rings. The zero-order chi connectivity index (χ0) is 16.9. The minimum Gasteiger partial charge on any atom is -0.457 e. The van der Waals surface area contributed by atoms with E-state index in [2.05, 4.69) is 5.32 Å². The fourth-order valence-corrected chi connectivity index (χ4v) is 2.42. The van der Waals surface area contributed by atoms with Crippen molar-refractivity contribution in [2.45, 2.75) is 6.92 Å². The molecule has 0 fully saturated rings. The van der Waals surface area contributed by atoms with Gasteiger partial charge in [0.15, 0.2) is 0 Å². The summed E-state index contributed by atoms with van der Waals surface area (Å²) in [4.78, 5) is 12.5. The average molecular weight is 338 g/mol. The Balaban J connectivity index is 1.78. The number of rotatable bonds is 4. The molecule has 0 unspecified atom stereocenters. The van der Waals surface area contributed by atoms with Gasteiger partial charge in [-0.15, -0.1) is 0 Å². The molecule has 3 aromatic rings. The monoisotopic (exact) mass is 337 g/mol. The number of halogens is 1. The van der Waals surface area contributed by atoms with Gasteiger partial charge < -0.3 is 10.1 Å². The Labute approximate surface area is 145 Å². The summed E-state index contributed by atoms with van der Waals surface area (Å²) in [7, 11) is 0. The van der Waals surface area contributed by atoms with Crippen LogP contribution in [0.1, 0.15) is 15.9 Å². The number of carbonyl (C=O) groups excluding carboxylic acids is 1. The van der Waals surface area contributed by atoms with E-state index in [1.807, 2.05) is 49.4 Å². The van der Waals surface area contributed by atoms with E-state index in [1.54, 1.807) is 30.3 Å². The molecule has 3 rings (SSSR count). The Hall–Kier alpha value is -2.78. The van der Waals surface area contributed by atoms with Crippen molar-refractivity contribution in [2.75, 3.05) is 5.32 Å². The second kappa shape index (κ2) is 7.20. The minimum absolute atomic E-state index is 0.209. The molecule has 3 nitrogen and oxygen atoms in total. The van der Waals surface area contributed by atoms with Crippen LogP contribution in [0.15, 0.2) is 72.8 Å². The van der Waals surface area contributed by atoms with E-state index < -0.39 is 0 Å². The van der Waals surface area contributed by atoms with Gasteiger partial charge in [0.25, 0.3) is 5.91 Å². The largest absolute Gasteiger partial charge is 0.457 e. The van der Waals surface area contributed by atoms with Gasteiger partial charge in [-0.1, -0.05) is 41.9 Å². The average Bonchev–Trinajstić information content (AvgIpc) is 2.59. The highest BCUT2D eigenvalue weighted by atomic mass is 35.5. The Bertz CT molecular complexity index is 863. The molecule has 120 valence electrons. The van der Waals surface area contributed by atoms with Gasteiger partial charge in [0, 0.05) is 16.3 Å². The van der Waals surface area contributed by atoms with Crippen LogP contribution in [0.5, 0.6) is 11.5 Å². The van der Waals surface area contributed by atoms with Crippen molar-refractivity contribution >= 4 is 23.2 Å². The maximum absolute atomic E-state index is 12.5. The number of anilines is 1. The fraction of sp³-hybridized carbons (Fsp3) is 0.0500. The number of hydrogen-bond donors (Lipinski definition) is 1. The summed E-state index contributed by atoms with van der Waals surface area (Å²) in [5, 5.41) is 3.46. The van der Waals surface area contributed by atoms with E-state index in [9.17, 15) is 4.79 Å². The van der Waals surface area contributed by atoms with Gasteiger partial charge in [0.1, 0.15) is 11.5 Å². The summed E-state index contributed by atoms with van der Waals surface area (Å²) >= 11 is 5.99. The van der Waals surface area contributed by atoms with Crippen LogP contribution in [0.2, 0.25) is 5.02 Å². The fourth-order valence-electron chi connectivity index (χ4n) is 2.25. The lowest BCUT2D eigenvalue weighted by molar-refractivity contribution is 0.102. The number of benzene rings is 3. The standard InChI is InChI=1S/C20H16ClNO2/c1-14-10-11-16(21)13-19(14)22-20(23)15-6-5-9-18(12-15)24-17-7-3-2-4-8-17/h2-13H,1H3,(H,22,23). The minimum atomic E-state index is -0.209. The Morgan fingerprint density at radius 2 is 1.67 bits per heavy atom. The summed E-state index contributed by atoms with van der Waals surface area (Å²) < 4.78 is 5.76. The molecule has 0 atom stereocenters. The smallest absolute Gasteiger partial charge is 0.255 e. The number of amides is 1. The van der Waals surface area contributed by atoms with Crippen LogP contribution in [0.25, 0.3) is 0 Å². The third-order valence-electron chi connectivity index (χ3n) is 3.52. The highest BCUT2D eigenvalue weighted by Crippen LogP contribution is 2.24. The van der Waals surface area contributed by atoms with Crippen LogP contribution in [0, 0.1) is 6.92 Å². The molecule has 24 heavy (non-hydrogen) atoms. The van der Waals surface area contributed by atoms with Gasteiger partial charge in [-0.2, -0.15) is 0 Å². The number of nitrogens with one attached hydrogen (secondary N) is 1. The molecular weight excluding hydrogens is 322 g/mol. The molecule has 0 aliphatic carbocycles. The molecule has 0 radical (unpaired) electrons. The van der Waals surface area contributed by atoms with Crippen LogP contribution in [0.4, 0.5) is 5.69 Å². The lowest BCUT2D eigenvalue weighted by atomic mass is 10.1. The second-order valence-electron chi connectivity index (χ2n) is 5.36. The van der Waals surface area contributed by atoms with Crippen molar-refractivity contribution in [3.05, 3.63) is 88.9 Å². The molecule has 0 saturated carbocycles. The molecule has 4 heteroatoms. The number of para-hydroxylation sites is 1. The number of aryl methyl sites for hydroxylation is 1. The predicted molar refractivity (Wildman–Crippen MR) is 97.1 cm³/mol. The summed E-state index contributed by atoms with van der Waals surface area (Å²) in [5.41, 5.74) is 2.16. The third-order valence-corrected chi connectivity index (χ3v) is 3.76. The highest BCUT2D eigenvalue weighted by molar-refractivity contribution is 6.31. The van der Waals surface area contributed by atoms with Gasteiger partial charge in [-0.05, 0) is 55.0 Å². The molecular formula is C20H16ClNO2. The van der Waals surface area contributed by atoms with Crippen molar-refractivity contribution in [2.24, 2.45) is 0 Å². The molecule has 0 spiro atoms. The Morgan fingerprint density at radius 1 is 0.917 bits per heavy atom. The van der Waals surface area contributed by atoms with Gasteiger partial charge in [0.05, 0.1) is 0 Å². The topological polar surface area (TPSA) is 38.3 Å². The van der Waals surface area contributed by atoms with Gasteiger partial charge >= 0.3 is 0 Å². The Morgan fingerprint density at radius 3 is 2.46 bits per heavy atom. The highest BCUT2D eigenvalue weighted by Gasteiger charge is 2.09. The summed E-state index contributed by atoms with van der Waals surface area (Å²) in [6, 6.07) is 21.9. The molecule has 0 heterocycles. The van der Waals surface area contributed by atoms with E-state index in [0.29, 0.717) is 22.0 Å². The van der Waals surface area contributed by atoms with Crippen LogP contribution in [0.3, 0.4) is 0 Å². The SMILES string of the molecule is Cc1ccc(Cl)cc1NC(=O)c1cccc(Oc2ccccc2)c1. The lowest BCUT2D eigenvalue weighted by Gasteiger charge is -2.10. The van der Waals surface area contributed by atoms with Crippen LogP contribution < -0.4 is 10.1 Å². The van der Waals surface area contributed by atoms with E-state index >= 15 is 0 Å². The maximum Gasteiger partial charge on any atom is 0.255 e. The molecule has 0 saturated heterocycles. The lowest BCUT2D eigenvalue weighted by Crippen LogP contribution is -2.12. The van der Waals surface area contributed by atoms with Crippen molar-refractivity contribution in [3.63, 3.8) is 0 Å². The molecule has 3 aromatic carbocycles. The molecule has 0 bridgehead atoms. The molecule has 0 aliphatic heterocycles. The van der Waals surface area contributed by atoms with Crippen LogP contribution in [-0.2, 0) is 0 Å². The number of ether oxygens (including phenoxy) is 1. The van der Waals surface area contributed by atoms with Gasteiger partial charge in [0.2, 0.25) is 0 Å². The third kappa shape index (κ3) is 3.94. The first-order valence-corrected chi connectivity index (χ1v) is 7.90.